The Morgan fingerprint density at radius 3 is 2.66 bits per heavy atom. The number of carbonyl (C=O) groups is 1. The summed E-state index contributed by atoms with van der Waals surface area (Å²) in [7, 11) is 0. The third kappa shape index (κ3) is 3.48. The normalized spacial score (nSPS) is 11.7. The van der Waals surface area contributed by atoms with E-state index in [9.17, 15) is 19.7 Å². The lowest BCUT2D eigenvalue weighted by atomic mass is 10.2. The van der Waals surface area contributed by atoms with Crippen LogP contribution in [0, 0.1) is 10.1 Å². The number of ether oxygens (including phenoxy) is 1. The fourth-order valence-corrected chi connectivity index (χ4v) is 3.66. The molecule has 2 heterocycles. The third-order valence-corrected chi connectivity index (χ3v) is 4.94. The van der Waals surface area contributed by atoms with Gasteiger partial charge in [0.05, 0.1) is 20.6 Å². The van der Waals surface area contributed by atoms with Crippen molar-refractivity contribution in [2.45, 2.75) is 6.92 Å². The van der Waals surface area contributed by atoms with E-state index >= 15 is 0 Å². The van der Waals surface area contributed by atoms with Crippen LogP contribution in [0.3, 0.4) is 0 Å². The molecular formula is C19H12N4O5S. The molecule has 0 saturated heterocycles. The van der Waals surface area contributed by atoms with Crippen molar-refractivity contribution in [2.75, 3.05) is 0 Å². The van der Waals surface area contributed by atoms with Gasteiger partial charge in [-0.05, 0) is 24.3 Å². The van der Waals surface area contributed by atoms with Gasteiger partial charge < -0.3 is 4.74 Å². The van der Waals surface area contributed by atoms with Crippen molar-refractivity contribution in [3.05, 3.63) is 79.1 Å². The van der Waals surface area contributed by atoms with E-state index in [1.165, 1.54) is 19.1 Å². The largest absolute Gasteiger partial charge is 0.426 e. The lowest BCUT2D eigenvalue weighted by Crippen LogP contribution is -2.23. The summed E-state index contributed by atoms with van der Waals surface area (Å²) in [4.78, 5) is 39.4. The van der Waals surface area contributed by atoms with Crippen LogP contribution in [0.15, 0.2) is 53.3 Å². The second-order valence-corrected chi connectivity index (χ2v) is 6.96. The van der Waals surface area contributed by atoms with Crippen LogP contribution in [0.5, 0.6) is 5.75 Å². The summed E-state index contributed by atoms with van der Waals surface area (Å²) in [5.41, 5.74) is 0.260. The number of hydrogen-bond donors (Lipinski definition) is 0. The van der Waals surface area contributed by atoms with Crippen LogP contribution in [0.25, 0.3) is 22.4 Å². The van der Waals surface area contributed by atoms with E-state index in [4.69, 9.17) is 4.74 Å². The number of nitro benzene ring substituents is 1. The molecule has 0 radical (unpaired) electrons. The number of esters is 1. The molecule has 29 heavy (non-hydrogen) atoms. The number of thiazole rings is 1. The second kappa shape index (κ2) is 7.24. The summed E-state index contributed by atoms with van der Waals surface area (Å²) in [6.07, 6.45) is 1.45. The minimum atomic E-state index is -0.503. The van der Waals surface area contributed by atoms with E-state index in [-0.39, 0.29) is 21.8 Å². The molecule has 2 aromatic carbocycles. The Labute approximate surface area is 166 Å². The number of rotatable bonds is 4. The fourth-order valence-electron chi connectivity index (χ4n) is 2.76. The Morgan fingerprint density at radius 2 is 1.93 bits per heavy atom. The van der Waals surface area contributed by atoms with Gasteiger partial charge in [-0.25, -0.2) is 0 Å². The van der Waals surface area contributed by atoms with Crippen LogP contribution >= 0.6 is 11.3 Å². The number of carbonyl (C=O) groups excluding carboxylic acids is 1. The smallest absolute Gasteiger partial charge is 0.308 e. The van der Waals surface area contributed by atoms with Crippen LogP contribution in [0.4, 0.5) is 5.69 Å². The predicted octanol–water partition coefficient (Wildman–Crippen LogP) is 2.20. The first-order chi connectivity index (χ1) is 13.9. The molecule has 0 unspecified atom stereocenters. The van der Waals surface area contributed by atoms with Crippen LogP contribution < -0.4 is 14.8 Å². The van der Waals surface area contributed by atoms with Gasteiger partial charge in [0.25, 0.3) is 11.2 Å². The van der Waals surface area contributed by atoms with Crippen LogP contribution in [0.1, 0.15) is 12.5 Å². The molecule has 2 aromatic heterocycles. The average molecular weight is 408 g/mol. The molecule has 0 spiro atoms. The number of nitrogens with zero attached hydrogens (tertiary/aromatic N) is 4. The van der Waals surface area contributed by atoms with E-state index in [0.717, 1.165) is 15.9 Å². The molecule has 0 aliphatic rings. The number of hydrogen-bond acceptors (Lipinski definition) is 8. The maximum absolute atomic E-state index is 12.7. The van der Waals surface area contributed by atoms with Gasteiger partial charge in [-0.15, -0.1) is 5.10 Å². The van der Waals surface area contributed by atoms with Crippen LogP contribution in [-0.4, -0.2) is 25.5 Å². The van der Waals surface area contributed by atoms with Crippen molar-refractivity contribution in [3.63, 3.8) is 0 Å². The lowest BCUT2D eigenvalue weighted by Gasteiger charge is -2.04. The van der Waals surface area contributed by atoms with Gasteiger partial charge in [-0.3, -0.25) is 19.7 Å². The molecule has 0 amide bonds. The van der Waals surface area contributed by atoms with E-state index < -0.39 is 16.5 Å². The first kappa shape index (κ1) is 18.4. The molecule has 0 fully saturated rings. The zero-order valence-corrected chi connectivity index (χ0v) is 15.8. The molecule has 0 aliphatic heterocycles. The number of nitro groups is 1. The van der Waals surface area contributed by atoms with Crippen molar-refractivity contribution in [1.29, 1.82) is 0 Å². The summed E-state index contributed by atoms with van der Waals surface area (Å²) in [6, 6.07) is 12.9. The highest BCUT2D eigenvalue weighted by atomic mass is 32.1. The first-order valence-corrected chi connectivity index (χ1v) is 9.18. The molecular weight excluding hydrogens is 396 g/mol. The zero-order valence-electron chi connectivity index (χ0n) is 14.9. The molecule has 4 rings (SSSR count). The highest BCUT2D eigenvalue weighted by molar-refractivity contribution is 7.15. The lowest BCUT2D eigenvalue weighted by molar-refractivity contribution is -0.385. The zero-order chi connectivity index (χ0) is 20.5. The molecule has 0 N–H and O–H groups in total. The Kier molecular flexibility index (Phi) is 4.61. The molecule has 0 saturated carbocycles. The Morgan fingerprint density at radius 1 is 1.21 bits per heavy atom. The van der Waals surface area contributed by atoms with Gasteiger partial charge >= 0.3 is 5.97 Å². The monoisotopic (exact) mass is 408 g/mol. The standard InChI is InChI=1S/C19H12N4O5S/c1-11(24)28-15-9-5-3-7-13(15)17-20-19-22(21-17)18(25)16(29-19)10-12-6-2-4-8-14(12)23(26)27/h2-10H,1H3/b16-10-. The number of para-hydroxylation sites is 2. The van der Waals surface area contributed by atoms with Gasteiger partial charge in [0.15, 0.2) is 5.82 Å². The molecule has 0 bridgehead atoms. The average Bonchev–Trinajstić information content (AvgIpc) is 3.22. The van der Waals surface area contributed by atoms with Gasteiger partial charge in [0, 0.05) is 13.0 Å². The third-order valence-electron chi connectivity index (χ3n) is 3.98. The van der Waals surface area contributed by atoms with Crippen molar-refractivity contribution in [3.8, 4) is 17.1 Å². The number of fused-ring (bicyclic) bond motifs is 1. The first-order valence-electron chi connectivity index (χ1n) is 8.36. The minimum absolute atomic E-state index is 0.0955. The Hall–Kier alpha value is -3.92. The summed E-state index contributed by atoms with van der Waals surface area (Å²) < 4.78 is 6.57. The summed E-state index contributed by atoms with van der Waals surface area (Å²) in [5.74, 6) is 0.0455. The minimum Gasteiger partial charge on any atom is -0.426 e. The Bertz CT molecular complexity index is 1380. The summed E-state index contributed by atoms with van der Waals surface area (Å²) in [5, 5.41) is 15.4. The topological polar surface area (TPSA) is 117 Å². The van der Waals surface area contributed by atoms with Crippen molar-refractivity contribution < 1.29 is 14.5 Å². The molecule has 144 valence electrons. The van der Waals surface area contributed by atoms with Crippen LogP contribution in [-0.2, 0) is 4.79 Å². The van der Waals surface area contributed by atoms with Gasteiger partial charge in [0.1, 0.15) is 5.75 Å². The van der Waals surface area contributed by atoms with Crippen molar-refractivity contribution >= 4 is 34.0 Å². The van der Waals surface area contributed by atoms with E-state index in [1.807, 2.05) is 0 Å². The van der Waals surface area contributed by atoms with Crippen molar-refractivity contribution in [1.82, 2.24) is 14.6 Å². The predicted molar refractivity (Wildman–Crippen MR) is 106 cm³/mol. The molecule has 9 nitrogen and oxygen atoms in total. The molecule has 10 heteroatoms. The maximum Gasteiger partial charge on any atom is 0.308 e. The van der Waals surface area contributed by atoms with Gasteiger partial charge in [0.2, 0.25) is 4.96 Å². The number of benzene rings is 2. The molecule has 4 aromatic rings. The van der Waals surface area contributed by atoms with E-state index in [0.29, 0.717) is 16.1 Å². The summed E-state index contributed by atoms with van der Waals surface area (Å²) >= 11 is 1.07. The van der Waals surface area contributed by atoms with Crippen LogP contribution in [0.2, 0.25) is 0 Å². The van der Waals surface area contributed by atoms with Gasteiger partial charge in [-0.2, -0.15) is 9.50 Å². The molecule has 0 aliphatic carbocycles. The van der Waals surface area contributed by atoms with E-state index in [2.05, 4.69) is 10.1 Å². The fraction of sp³-hybridized carbons (Fsp3) is 0.0526. The Balaban J connectivity index is 1.82. The quantitative estimate of drug-likeness (QED) is 0.220. The van der Waals surface area contributed by atoms with E-state index in [1.54, 1.807) is 42.5 Å². The van der Waals surface area contributed by atoms with Gasteiger partial charge in [-0.1, -0.05) is 35.6 Å². The second-order valence-electron chi connectivity index (χ2n) is 5.95. The van der Waals surface area contributed by atoms with Crippen molar-refractivity contribution in [2.24, 2.45) is 0 Å². The summed E-state index contributed by atoms with van der Waals surface area (Å²) in [6.45, 7) is 1.29. The molecule has 0 atom stereocenters. The highest BCUT2D eigenvalue weighted by Gasteiger charge is 2.17. The maximum atomic E-state index is 12.7. The SMILES string of the molecule is CC(=O)Oc1ccccc1-c1nc2s/c(=C\c3ccccc3[N+](=O)[O-])c(=O)n2n1. The highest BCUT2D eigenvalue weighted by Crippen LogP contribution is 2.28. The number of aromatic nitrogens is 3.